The van der Waals surface area contributed by atoms with Gasteiger partial charge in [0.1, 0.15) is 0 Å². The number of amides is 1. The Morgan fingerprint density at radius 1 is 1.00 bits per heavy atom. The van der Waals surface area contributed by atoms with Crippen molar-refractivity contribution in [1.82, 2.24) is 10.6 Å². The molecule has 0 heterocycles. The van der Waals surface area contributed by atoms with Crippen molar-refractivity contribution in [2.75, 3.05) is 26.3 Å². The number of nitrogens with one attached hydrogen (secondary N) is 2. The summed E-state index contributed by atoms with van der Waals surface area (Å²) in [7, 11) is 0. The van der Waals surface area contributed by atoms with Gasteiger partial charge < -0.3 is 15.4 Å². The fourth-order valence-electron chi connectivity index (χ4n) is 1.67. The number of hydrogen-bond donors (Lipinski definition) is 2. The van der Waals surface area contributed by atoms with E-state index in [4.69, 9.17) is 4.74 Å². The molecule has 4 heteroatoms. The Balaban J connectivity index is 3.36. The molecule has 4 nitrogen and oxygen atoms in total. The molecule has 114 valence electrons. The summed E-state index contributed by atoms with van der Waals surface area (Å²) >= 11 is 0. The highest BCUT2D eigenvalue weighted by molar-refractivity contribution is 5.81. The number of carbonyl (C=O) groups excluding carboxylic acids is 1. The van der Waals surface area contributed by atoms with E-state index in [-0.39, 0.29) is 11.9 Å². The number of ether oxygens (including phenoxy) is 1. The lowest BCUT2D eigenvalue weighted by Crippen LogP contribution is -2.42. The van der Waals surface area contributed by atoms with E-state index < -0.39 is 0 Å². The van der Waals surface area contributed by atoms with Crippen LogP contribution in [0.15, 0.2) is 0 Å². The van der Waals surface area contributed by atoms with Crippen molar-refractivity contribution in [3.8, 4) is 0 Å². The van der Waals surface area contributed by atoms with Crippen LogP contribution in [0.1, 0.15) is 59.3 Å². The van der Waals surface area contributed by atoms with Crippen molar-refractivity contribution in [2.45, 2.75) is 65.3 Å². The zero-order valence-corrected chi connectivity index (χ0v) is 13.0. The van der Waals surface area contributed by atoms with E-state index in [1.807, 2.05) is 6.92 Å². The SMILES string of the molecule is CCCCCNC(=O)C(C)NCCCOCCCC. The highest BCUT2D eigenvalue weighted by Gasteiger charge is 2.10. The predicted octanol–water partition coefficient (Wildman–Crippen LogP) is 2.48. The summed E-state index contributed by atoms with van der Waals surface area (Å²) in [5.74, 6) is 0.100. The summed E-state index contributed by atoms with van der Waals surface area (Å²) in [5, 5.41) is 6.18. The highest BCUT2D eigenvalue weighted by atomic mass is 16.5. The first-order valence-corrected chi connectivity index (χ1v) is 7.81. The first-order chi connectivity index (χ1) is 9.22. The maximum Gasteiger partial charge on any atom is 0.236 e. The van der Waals surface area contributed by atoms with Crippen LogP contribution in [0.3, 0.4) is 0 Å². The Morgan fingerprint density at radius 3 is 2.37 bits per heavy atom. The van der Waals surface area contributed by atoms with E-state index in [1.165, 1.54) is 19.3 Å². The van der Waals surface area contributed by atoms with Crippen molar-refractivity contribution in [3.05, 3.63) is 0 Å². The maximum atomic E-state index is 11.7. The molecular formula is C15H32N2O2. The molecule has 1 unspecified atom stereocenters. The summed E-state index contributed by atoms with van der Waals surface area (Å²) in [6.45, 7) is 9.48. The van der Waals surface area contributed by atoms with Gasteiger partial charge in [-0.3, -0.25) is 4.79 Å². The zero-order valence-electron chi connectivity index (χ0n) is 13.0. The third-order valence-corrected chi connectivity index (χ3v) is 3.03. The smallest absolute Gasteiger partial charge is 0.236 e. The molecule has 2 N–H and O–H groups in total. The molecule has 1 amide bonds. The van der Waals surface area contributed by atoms with Gasteiger partial charge in [0, 0.05) is 19.8 Å². The van der Waals surface area contributed by atoms with Gasteiger partial charge in [0.2, 0.25) is 5.91 Å². The second kappa shape index (κ2) is 13.8. The van der Waals surface area contributed by atoms with Gasteiger partial charge in [0.25, 0.3) is 0 Å². The maximum absolute atomic E-state index is 11.7. The second-order valence-corrected chi connectivity index (χ2v) is 4.99. The average Bonchev–Trinajstić information content (AvgIpc) is 2.42. The molecule has 0 bridgehead atoms. The van der Waals surface area contributed by atoms with Crippen molar-refractivity contribution < 1.29 is 9.53 Å². The summed E-state index contributed by atoms with van der Waals surface area (Å²) in [5.41, 5.74) is 0. The molecule has 0 radical (unpaired) electrons. The fourth-order valence-corrected chi connectivity index (χ4v) is 1.67. The quantitative estimate of drug-likeness (QED) is 0.506. The average molecular weight is 272 g/mol. The van der Waals surface area contributed by atoms with Gasteiger partial charge in [0.05, 0.1) is 6.04 Å². The summed E-state index contributed by atoms with van der Waals surface area (Å²) in [4.78, 5) is 11.7. The van der Waals surface area contributed by atoms with Crippen LogP contribution in [0.2, 0.25) is 0 Å². The van der Waals surface area contributed by atoms with Crippen LogP contribution < -0.4 is 10.6 Å². The number of carbonyl (C=O) groups is 1. The Morgan fingerprint density at radius 2 is 1.68 bits per heavy atom. The predicted molar refractivity (Wildman–Crippen MR) is 80.3 cm³/mol. The molecule has 0 saturated heterocycles. The molecule has 0 aromatic heterocycles. The third kappa shape index (κ3) is 12.2. The Labute approximate surface area is 118 Å². The molecule has 0 rings (SSSR count). The minimum absolute atomic E-state index is 0.100. The first kappa shape index (κ1) is 18.4. The normalized spacial score (nSPS) is 12.4. The van der Waals surface area contributed by atoms with Crippen LogP contribution >= 0.6 is 0 Å². The zero-order chi connectivity index (χ0) is 14.3. The lowest BCUT2D eigenvalue weighted by molar-refractivity contribution is -0.122. The van der Waals surface area contributed by atoms with E-state index in [0.29, 0.717) is 0 Å². The van der Waals surface area contributed by atoms with Crippen molar-refractivity contribution in [1.29, 1.82) is 0 Å². The molecule has 1 atom stereocenters. The topological polar surface area (TPSA) is 50.4 Å². The Hall–Kier alpha value is -0.610. The van der Waals surface area contributed by atoms with Gasteiger partial charge in [0.15, 0.2) is 0 Å². The Kier molecular flexibility index (Phi) is 13.4. The van der Waals surface area contributed by atoms with Crippen LogP contribution in [-0.2, 0) is 9.53 Å². The van der Waals surface area contributed by atoms with Gasteiger partial charge in [-0.2, -0.15) is 0 Å². The molecule has 19 heavy (non-hydrogen) atoms. The van der Waals surface area contributed by atoms with Gasteiger partial charge in [-0.15, -0.1) is 0 Å². The van der Waals surface area contributed by atoms with Crippen LogP contribution in [-0.4, -0.2) is 38.3 Å². The van der Waals surface area contributed by atoms with Crippen LogP contribution in [0.25, 0.3) is 0 Å². The summed E-state index contributed by atoms with van der Waals surface area (Å²) < 4.78 is 5.47. The minimum atomic E-state index is -0.114. The minimum Gasteiger partial charge on any atom is -0.381 e. The van der Waals surface area contributed by atoms with Crippen molar-refractivity contribution >= 4 is 5.91 Å². The standard InChI is InChI=1S/C15H32N2O2/c1-4-6-8-10-17-15(18)14(3)16-11-9-13-19-12-7-5-2/h14,16H,4-13H2,1-3H3,(H,17,18). The Bertz CT molecular complexity index is 210. The molecule has 0 fully saturated rings. The fraction of sp³-hybridized carbons (Fsp3) is 0.933. The van der Waals surface area contributed by atoms with Gasteiger partial charge in [-0.25, -0.2) is 0 Å². The second-order valence-electron chi connectivity index (χ2n) is 4.99. The molecule has 0 saturated carbocycles. The molecule has 0 aliphatic rings. The molecular weight excluding hydrogens is 240 g/mol. The van der Waals surface area contributed by atoms with E-state index >= 15 is 0 Å². The molecule has 0 aromatic rings. The van der Waals surface area contributed by atoms with Gasteiger partial charge in [-0.1, -0.05) is 33.1 Å². The number of unbranched alkanes of at least 4 members (excludes halogenated alkanes) is 3. The first-order valence-electron chi connectivity index (χ1n) is 7.81. The van der Waals surface area contributed by atoms with E-state index in [1.54, 1.807) is 0 Å². The molecule has 0 aliphatic carbocycles. The summed E-state index contributed by atoms with van der Waals surface area (Å²) in [6.07, 6.45) is 6.69. The largest absolute Gasteiger partial charge is 0.381 e. The van der Waals surface area contributed by atoms with E-state index in [9.17, 15) is 4.79 Å². The van der Waals surface area contributed by atoms with Crippen LogP contribution in [0.5, 0.6) is 0 Å². The summed E-state index contributed by atoms with van der Waals surface area (Å²) in [6, 6.07) is -0.114. The molecule has 0 spiro atoms. The monoisotopic (exact) mass is 272 g/mol. The van der Waals surface area contributed by atoms with Gasteiger partial charge >= 0.3 is 0 Å². The van der Waals surface area contributed by atoms with Crippen LogP contribution in [0.4, 0.5) is 0 Å². The number of hydrogen-bond acceptors (Lipinski definition) is 3. The van der Waals surface area contributed by atoms with Crippen molar-refractivity contribution in [3.63, 3.8) is 0 Å². The van der Waals surface area contributed by atoms with E-state index in [2.05, 4.69) is 24.5 Å². The highest BCUT2D eigenvalue weighted by Crippen LogP contribution is 1.92. The lowest BCUT2D eigenvalue weighted by Gasteiger charge is -2.14. The van der Waals surface area contributed by atoms with Crippen LogP contribution in [0, 0.1) is 0 Å². The molecule has 0 aromatic carbocycles. The van der Waals surface area contributed by atoms with E-state index in [0.717, 1.165) is 45.6 Å². The lowest BCUT2D eigenvalue weighted by atomic mass is 10.2. The van der Waals surface area contributed by atoms with Gasteiger partial charge in [-0.05, 0) is 32.7 Å². The molecule has 0 aliphatic heterocycles. The number of rotatable bonds is 13. The third-order valence-electron chi connectivity index (χ3n) is 3.03. The van der Waals surface area contributed by atoms with Crippen molar-refractivity contribution in [2.24, 2.45) is 0 Å².